The van der Waals surface area contributed by atoms with Crippen molar-refractivity contribution in [2.45, 2.75) is 13.8 Å². The standard InChI is InChI=1S/C15H15NO4S2/c1-8-9(2)11(20-3)5-4-10(8)6-12-14(19)16(7-13(17)18)15(21)22-12/h4-6H,7H2,1-3H3,(H,17,18). The van der Waals surface area contributed by atoms with E-state index in [0.29, 0.717) is 4.91 Å². The van der Waals surface area contributed by atoms with E-state index < -0.39 is 12.5 Å². The van der Waals surface area contributed by atoms with Crippen LogP contribution < -0.4 is 4.74 Å². The molecule has 0 atom stereocenters. The Morgan fingerprint density at radius 3 is 2.68 bits per heavy atom. The number of hydrogen-bond donors (Lipinski definition) is 1. The van der Waals surface area contributed by atoms with E-state index >= 15 is 0 Å². The van der Waals surface area contributed by atoms with E-state index in [-0.39, 0.29) is 10.2 Å². The predicted octanol–water partition coefficient (Wildman–Crippen LogP) is 2.60. The van der Waals surface area contributed by atoms with Crippen LogP contribution in [0.4, 0.5) is 0 Å². The normalized spacial score (nSPS) is 16.5. The van der Waals surface area contributed by atoms with Crippen LogP contribution in [0, 0.1) is 13.8 Å². The summed E-state index contributed by atoms with van der Waals surface area (Å²) in [6.45, 7) is 3.48. The number of benzene rings is 1. The Balaban J connectivity index is 2.35. The maximum absolute atomic E-state index is 12.2. The van der Waals surface area contributed by atoms with Crippen molar-refractivity contribution >= 4 is 46.3 Å². The Morgan fingerprint density at radius 2 is 2.09 bits per heavy atom. The molecule has 0 saturated carbocycles. The first-order chi connectivity index (χ1) is 10.3. The second-order valence-corrected chi connectivity index (χ2v) is 6.44. The molecule has 0 unspecified atom stereocenters. The van der Waals surface area contributed by atoms with Gasteiger partial charge in [-0.05, 0) is 42.7 Å². The number of carboxylic acids is 1. The van der Waals surface area contributed by atoms with E-state index in [1.54, 1.807) is 13.2 Å². The molecule has 1 aromatic rings. The van der Waals surface area contributed by atoms with Crippen molar-refractivity contribution in [2.75, 3.05) is 13.7 Å². The molecule has 22 heavy (non-hydrogen) atoms. The van der Waals surface area contributed by atoms with Crippen molar-refractivity contribution in [3.63, 3.8) is 0 Å². The van der Waals surface area contributed by atoms with Crippen LogP contribution in [0.25, 0.3) is 6.08 Å². The molecular weight excluding hydrogens is 322 g/mol. The number of rotatable bonds is 4. The van der Waals surface area contributed by atoms with Gasteiger partial charge in [-0.3, -0.25) is 14.5 Å². The van der Waals surface area contributed by atoms with Crippen molar-refractivity contribution in [1.82, 2.24) is 4.90 Å². The molecule has 5 nitrogen and oxygen atoms in total. The first kappa shape index (κ1) is 16.5. The van der Waals surface area contributed by atoms with Gasteiger partial charge in [0.15, 0.2) is 0 Å². The lowest BCUT2D eigenvalue weighted by molar-refractivity contribution is -0.140. The fraction of sp³-hybridized carbons (Fsp3) is 0.267. The first-order valence-corrected chi connectivity index (χ1v) is 7.69. The summed E-state index contributed by atoms with van der Waals surface area (Å²) in [6, 6.07) is 3.71. The van der Waals surface area contributed by atoms with Crippen LogP contribution in [0.15, 0.2) is 17.0 Å². The third-order valence-electron chi connectivity index (χ3n) is 3.45. The van der Waals surface area contributed by atoms with Gasteiger partial charge in [-0.15, -0.1) is 0 Å². The van der Waals surface area contributed by atoms with Gasteiger partial charge in [0.1, 0.15) is 16.6 Å². The van der Waals surface area contributed by atoms with Gasteiger partial charge in [-0.25, -0.2) is 0 Å². The average molecular weight is 337 g/mol. The second-order valence-electron chi connectivity index (χ2n) is 4.77. The van der Waals surface area contributed by atoms with Crippen LogP contribution in [-0.2, 0) is 9.59 Å². The van der Waals surface area contributed by atoms with Gasteiger partial charge in [0.2, 0.25) is 0 Å². The van der Waals surface area contributed by atoms with Crippen molar-refractivity contribution < 1.29 is 19.4 Å². The van der Waals surface area contributed by atoms with Crippen LogP contribution in [0.2, 0.25) is 0 Å². The minimum atomic E-state index is -1.09. The molecule has 116 valence electrons. The lowest BCUT2D eigenvalue weighted by atomic mass is 10.0. The van der Waals surface area contributed by atoms with Crippen molar-refractivity contribution in [2.24, 2.45) is 0 Å². The summed E-state index contributed by atoms with van der Waals surface area (Å²) in [6.07, 6.45) is 1.74. The minimum absolute atomic E-state index is 0.265. The fourth-order valence-electron chi connectivity index (χ4n) is 2.11. The summed E-state index contributed by atoms with van der Waals surface area (Å²) < 4.78 is 5.53. The maximum atomic E-state index is 12.2. The number of thioether (sulfide) groups is 1. The SMILES string of the molecule is COc1ccc(C=C2SC(=S)N(CC(=O)O)C2=O)c(C)c1C. The largest absolute Gasteiger partial charge is 0.496 e. The highest BCUT2D eigenvalue weighted by atomic mass is 32.2. The number of hydrogen-bond acceptors (Lipinski definition) is 5. The number of carbonyl (C=O) groups excluding carboxylic acids is 1. The monoisotopic (exact) mass is 337 g/mol. The lowest BCUT2D eigenvalue weighted by Crippen LogP contribution is -2.33. The second kappa shape index (κ2) is 6.50. The number of nitrogens with zero attached hydrogens (tertiary/aromatic N) is 1. The molecule has 1 N–H and O–H groups in total. The number of amides is 1. The first-order valence-electron chi connectivity index (χ1n) is 6.46. The lowest BCUT2D eigenvalue weighted by Gasteiger charge is -2.11. The Hall–Kier alpha value is -1.86. The summed E-state index contributed by atoms with van der Waals surface area (Å²) >= 11 is 6.19. The van der Waals surface area contributed by atoms with Gasteiger partial charge < -0.3 is 9.84 Å². The minimum Gasteiger partial charge on any atom is -0.496 e. The predicted molar refractivity (Wildman–Crippen MR) is 90.0 cm³/mol. The van der Waals surface area contributed by atoms with Crippen LogP contribution in [0.1, 0.15) is 16.7 Å². The molecule has 1 aromatic carbocycles. The molecule has 0 radical (unpaired) electrons. The molecule has 0 bridgehead atoms. The molecule has 2 rings (SSSR count). The molecule has 7 heteroatoms. The van der Waals surface area contributed by atoms with Gasteiger partial charge in [0, 0.05) is 0 Å². The quantitative estimate of drug-likeness (QED) is 0.673. The van der Waals surface area contributed by atoms with E-state index in [0.717, 1.165) is 39.1 Å². The van der Waals surface area contributed by atoms with Crippen molar-refractivity contribution in [3.05, 3.63) is 33.7 Å². The van der Waals surface area contributed by atoms with Gasteiger partial charge in [-0.1, -0.05) is 30.0 Å². The third-order valence-corrected chi connectivity index (χ3v) is 4.83. The zero-order valence-electron chi connectivity index (χ0n) is 12.4. The van der Waals surface area contributed by atoms with Crippen LogP contribution >= 0.6 is 24.0 Å². The number of carboxylic acid groups (broad SMARTS) is 1. The molecule has 1 heterocycles. The van der Waals surface area contributed by atoms with E-state index in [4.69, 9.17) is 22.1 Å². The van der Waals surface area contributed by atoms with Crippen molar-refractivity contribution in [3.8, 4) is 5.75 Å². The Labute approximate surface area is 137 Å². The van der Waals surface area contributed by atoms with E-state index in [2.05, 4.69) is 0 Å². The number of ether oxygens (including phenoxy) is 1. The molecule has 0 spiro atoms. The van der Waals surface area contributed by atoms with E-state index in [1.165, 1.54) is 0 Å². The van der Waals surface area contributed by atoms with Gasteiger partial charge in [-0.2, -0.15) is 0 Å². The Morgan fingerprint density at radius 1 is 1.41 bits per heavy atom. The smallest absolute Gasteiger partial charge is 0.323 e. The number of methoxy groups -OCH3 is 1. The molecule has 1 amide bonds. The maximum Gasteiger partial charge on any atom is 0.323 e. The zero-order valence-corrected chi connectivity index (χ0v) is 14.0. The highest BCUT2D eigenvalue weighted by Crippen LogP contribution is 2.34. The van der Waals surface area contributed by atoms with Crippen molar-refractivity contribution in [1.29, 1.82) is 0 Å². The number of aliphatic carboxylic acids is 1. The summed E-state index contributed by atoms with van der Waals surface area (Å²) in [4.78, 5) is 24.5. The Kier molecular flexibility index (Phi) is 4.87. The van der Waals surface area contributed by atoms with Crippen LogP contribution in [0.5, 0.6) is 5.75 Å². The molecule has 1 fully saturated rings. The summed E-state index contributed by atoms with van der Waals surface area (Å²) in [5.74, 6) is -0.674. The summed E-state index contributed by atoms with van der Waals surface area (Å²) in [5, 5.41) is 8.83. The molecule has 1 aliphatic heterocycles. The van der Waals surface area contributed by atoms with Gasteiger partial charge in [0.05, 0.1) is 12.0 Å². The van der Waals surface area contributed by atoms with Crippen LogP contribution in [-0.4, -0.2) is 39.9 Å². The van der Waals surface area contributed by atoms with E-state index in [1.807, 2.05) is 26.0 Å². The van der Waals surface area contributed by atoms with Gasteiger partial charge >= 0.3 is 5.97 Å². The number of thiocarbonyl (C=S) groups is 1. The molecule has 1 aliphatic rings. The molecule has 1 saturated heterocycles. The zero-order chi connectivity index (χ0) is 16.4. The average Bonchev–Trinajstić information content (AvgIpc) is 2.71. The highest BCUT2D eigenvalue weighted by Gasteiger charge is 2.33. The molecular formula is C15H15NO4S2. The molecule has 0 aromatic heterocycles. The van der Waals surface area contributed by atoms with Crippen LogP contribution in [0.3, 0.4) is 0 Å². The third kappa shape index (κ3) is 3.15. The van der Waals surface area contributed by atoms with Gasteiger partial charge in [0.25, 0.3) is 5.91 Å². The summed E-state index contributed by atoms with van der Waals surface area (Å²) in [5.41, 5.74) is 2.88. The summed E-state index contributed by atoms with van der Waals surface area (Å²) in [7, 11) is 1.61. The fourth-order valence-corrected chi connectivity index (χ4v) is 3.35. The number of carbonyl (C=O) groups is 2. The van der Waals surface area contributed by atoms with E-state index in [9.17, 15) is 9.59 Å². The molecule has 0 aliphatic carbocycles. The highest BCUT2D eigenvalue weighted by molar-refractivity contribution is 8.26. The topological polar surface area (TPSA) is 66.8 Å². The Bertz CT molecular complexity index is 697.